The van der Waals surface area contributed by atoms with Crippen LogP contribution in [0.4, 0.5) is 0 Å². The fraction of sp³-hybridized carbons (Fsp3) is 0.154. The van der Waals surface area contributed by atoms with Crippen molar-refractivity contribution in [2.45, 2.75) is 12.5 Å². The molecule has 3 N–H and O–H groups in total. The quantitative estimate of drug-likeness (QED) is 0.831. The Morgan fingerprint density at radius 1 is 1.32 bits per heavy atom. The fourth-order valence-electron chi connectivity index (χ4n) is 1.79. The molecule has 1 amide bonds. The molecule has 0 aliphatic heterocycles. The lowest BCUT2D eigenvalue weighted by Crippen LogP contribution is -2.18. The van der Waals surface area contributed by atoms with Crippen molar-refractivity contribution < 1.29 is 14.7 Å². The standard InChI is InChI=1S/C13H13N3O3/c14-12(17)10-6-15-16(7-10)8-11(13(18)19)9-4-2-1-3-5-9/h1-7,11H,8H2,(H2,14,17)(H,18,19). The number of rotatable bonds is 5. The minimum Gasteiger partial charge on any atom is -0.481 e. The van der Waals surface area contributed by atoms with Gasteiger partial charge in [-0.3, -0.25) is 14.3 Å². The zero-order chi connectivity index (χ0) is 13.8. The van der Waals surface area contributed by atoms with Gasteiger partial charge in [-0.2, -0.15) is 5.10 Å². The number of benzene rings is 1. The van der Waals surface area contributed by atoms with E-state index in [0.717, 1.165) is 0 Å². The van der Waals surface area contributed by atoms with Gasteiger partial charge in [-0.1, -0.05) is 30.3 Å². The van der Waals surface area contributed by atoms with Gasteiger partial charge in [0.1, 0.15) is 5.92 Å². The third-order valence-corrected chi connectivity index (χ3v) is 2.79. The van der Waals surface area contributed by atoms with Crippen molar-refractivity contribution in [3.05, 3.63) is 53.9 Å². The lowest BCUT2D eigenvalue weighted by Gasteiger charge is -2.12. The van der Waals surface area contributed by atoms with Crippen LogP contribution in [0.5, 0.6) is 0 Å². The minimum atomic E-state index is -0.942. The third kappa shape index (κ3) is 2.98. The van der Waals surface area contributed by atoms with Crippen LogP contribution >= 0.6 is 0 Å². The van der Waals surface area contributed by atoms with Gasteiger partial charge < -0.3 is 10.8 Å². The summed E-state index contributed by atoms with van der Waals surface area (Å²) in [5.41, 5.74) is 6.07. The van der Waals surface area contributed by atoms with Gasteiger partial charge in [0.2, 0.25) is 0 Å². The van der Waals surface area contributed by atoms with Crippen LogP contribution in [0.15, 0.2) is 42.7 Å². The van der Waals surface area contributed by atoms with Crippen LogP contribution in [-0.2, 0) is 11.3 Å². The Hall–Kier alpha value is -2.63. The van der Waals surface area contributed by atoms with Gasteiger partial charge in [0.15, 0.2) is 0 Å². The van der Waals surface area contributed by atoms with Crippen molar-refractivity contribution in [2.24, 2.45) is 5.73 Å². The molecule has 1 aromatic heterocycles. The summed E-state index contributed by atoms with van der Waals surface area (Å²) in [6, 6.07) is 8.88. The SMILES string of the molecule is NC(=O)c1cnn(CC(C(=O)O)c2ccccc2)c1. The molecule has 6 heteroatoms. The van der Waals surface area contributed by atoms with Gasteiger partial charge in [0, 0.05) is 6.20 Å². The lowest BCUT2D eigenvalue weighted by atomic mass is 9.99. The first-order valence-corrected chi connectivity index (χ1v) is 5.68. The highest BCUT2D eigenvalue weighted by atomic mass is 16.4. The van der Waals surface area contributed by atoms with Gasteiger partial charge in [0.25, 0.3) is 5.91 Å². The number of aromatic nitrogens is 2. The van der Waals surface area contributed by atoms with E-state index >= 15 is 0 Å². The number of carbonyl (C=O) groups excluding carboxylic acids is 1. The van der Waals surface area contributed by atoms with E-state index in [4.69, 9.17) is 5.73 Å². The highest BCUT2D eigenvalue weighted by molar-refractivity contribution is 5.92. The third-order valence-electron chi connectivity index (χ3n) is 2.79. The monoisotopic (exact) mass is 259 g/mol. The summed E-state index contributed by atoms with van der Waals surface area (Å²) in [6.45, 7) is 0.145. The van der Waals surface area contributed by atoms with Crippen LogP contribution in [-0.4, -0.2) is 26.8 Å². The van der Waals surface area contributed by atoms with Gasteiger partial charge in [-0.05, 0) is 5.56 Å². The van der Waals surface area contributed by atoms with Gasteiger partial charge in [0.05, 0.1) is 18.3 Å². The molecule has 0 spiro atoms. The second kappa shape index (κ2) is 5.34. The van der Waals surface area contributed by atoms with Crippen molar-refractivity contribution in [3.63, 3.8) is 0 Å². The summed E-state index contributed by atoms with van der Waals surface area (Å²) < 4.78 is 1.41. The summed E-state index contributed by atoms with van der Waals surface area (Å²) in [5, 5.41) is 13.2. The molecule has 1 atom stereocenters. The van der Waals surface area contributed by atoms with E-state index in [0.29, 0.717) is 5.56 Å². The highest BCUT2D eigenvalue weighted by Gasteiger charge is 2.20. The fourth-order valence-corrected chi connectivity index (χ4v) is 1.79. The first-order chi connectivity index (χ1) is 9.08. The second-order valence-electron chi connectivity index (χ2n) is 4.12. The van der Waals surface area contributed by atoms with Crippen LogP contribution < -0.4 is 5.73 Å². The van der Waals surface area contributed by atoms with Crippen LogP contribution in [0.3, 0.4) is 0 Å². The minimum absolute atomic E-state index is 0.145. The molecule has 0 aliphatic carbocycles. The maximum Gasteiger partial charge on any atom is 0.312 e. The van der Waals surface area contributed by atoms with E-state index < -0.39 is 17.8 Å². The molecule has 0 saturated carbocycles. The van der Waals surface area contributed by atoms with E-state index in [1.807, 2.05) is 6.07 Å². The molecule has 98 valence electrons. The number of carboxylic acid groups (broad SMARTS) is 1. The zero-order valence-electron chi connectivity index (χ0n) is 10.1. The largest absolute Gasteiger partial charge is 0.481 e. The maximum atomic E-state index is 11.3. The molecule has 2 aromatic rings. The summed E-state index contributed by atoms with van der Waals surface area (Å²) in [4.78, 5) is 22.3. The Morgan fingerprint density at radius 2 is 2.00 bits per heavy atom. The summed E-state index contributed by atoms with van der Waals surface area (Å²) in [5.74, 6) is -2.25. The number of nitrogens with zero attached hydrogens (tertiary/aromatic N) is 2. The zero-order valence-corrected chi connectivity index (χ0v) is 10.1. The molecule has 19 heavy (non-hydrogen) atoms. The van der Waals surface area contributed by atoms with Crippen molar-refractivity contribution >= 4 is 11.9 Å². The van der Waals surface area contributed by atoms with Crippen molar-refractivity contribution in [3.8, 4) is 0 Å². The molecule has 0 aliphatic rings. The molecular formula is C13H13N3O3. The molecule has 1 heterocycles. The van der Waals surface area contributed by atoms with Gasteiger partial charge >= 0.3 is 5.97 Å². The van der Waals surface area contributed by atoms with Gasteiger partial charge in [-0.15, -0.1) is 0 Å². The molecule has 0 bridgehead atoms. The number of primary amides is 1. The Morgan fingerprint density at radius 3 is 2.53 bits per heavy atom. The van der Waals surface area contributed by atoms with Crippen molar-refractivity contribution in [1.29, 1.82) is 0 Å². The first kappa shape index (κ1) is 12.8. The van der Waals surface area contributed by atoms with Crippen LogP contribution in [0.2, 0.25) is 0 Å². The maximum absolute atomic E-state index is 11.3. The van der Waals surface area contributed by atoms with Gasteiger partial charge in [-0.25, -0.2) is 0 Å². The number of hydrogen-bond acceptors (Lipinski definition) is 3. The Kier molecular flexibility index (Phi) is 3.61. The topological polar surface area (TPSA) is 98.2 Å². The summed E-state index contributed by atoms with van der Waals surface area (Å²) >= 11 is 0. The molecule has 1 aromatic carbocycles. The molecule has 0 fully saturated rings. The number of carbonyl (C=O) groups is 2. The second-order valence-corrected chi connectivity index (χ2v) is 4.12. The average Bonchev–Trinajstić information content (AvgIpc) is 2.85. The number of aliphatic carboxylic acids is 1. The predicted octanol–water partition coefficient (Wildman–Crippen LogP) is 0.850. The van der Waals surface area contributed by atoms with Crippen molar-refractivity contribution in [2.75, 3.05) is 0 Å². The van der Waals surface area contributed by atoms with Crippen LogP contribution in [0, 0.1) is 0 Å². The smallest absolute Gasteiger partial charge is 0.312 e. The predicted molar refractivity (Wildman–Crippen MR) is 67.6 cm³/mol. The molecule has 2 rings (SSSR count). The van der Waals surface area contributed by atoms with E-state index in [1.54, 1.807) is 24.3 Å². The Balaban J connectivity index is 2.22. The normalized spacial score (nSPS) is 12.0. The lowest BCUT2D eigenvalue weighted by molar-refractivity contribution is -0.139. The van der Waals surface area contributed by atoms with E-state index in [9.17, 15) is 14.7 Å². The number of nitrogens with two attached hydrogens (primary N) is 1. The summed E-state index contributed by atoms with van der Waals surface area (Å²) in [6.07, 6.45) is 2.77. The van der Waals surface area contributed by atoms with Crippen LogP contribution in [0.25, 0.3) is 0 Å². The molecule has 0 radical (unpaired) electrons. The molecular weight excluding hydrogens is 246 g/mol. The van der Waals surface area contributed by atoms with E-state index in [1.165, 1.54) is 17.1 Å². The number of amides is 1. The Bertz CT molecular complexity index is 592. The number of hydrogen-bond donors (Lipinski definition) is 2. The molecule has 1 unspecified atom stereocenters. The van der Waals surface area contributed by atoms with E-state index in [-0.39, 0.29) is 12.1 Å². The van der Waals surface area contributed by atoms with Crippen molar-refractivity contribution in [1.82, 2.24) is 9.78 Å². The highest BCUT2D eigenvalue weighted by Crippen LogP contribution is 2.18. The van der Waals surface area contributed by atoms with Crippen LogP contribution in [0.1, 0.15) is 21.8 Å². The Labute approximate surface area is 109 Å². The average molecular weight is 259 g/mol. The number of carboxylic acids is 1. The first-order valence-electron chi connectivity index (χ1n) is 5.68. The van der Waals surface area contributed by atoms with E-state index in [2.05, 4.69) is 5.10 Å². The molecule has 6 nitrogen and oxygen atoms in total. The molecule has 0 saturated heterocycles. The summed E-state index contributed by atoms with van der Waals surface area (Å²) in [7, 11) is 0.